The van der Waals surface area contributed by atoms with Crippen molar-refractivity contribution < 1.29 is 9.53 Å². The van der Waals surface area contributed by atoms with Crippen molar-refractivity contribution in [1.82, 2.24) is 10.6 Å². The molecule has 0 radical (unpaired) electrons. The van der Waals surface area contributed by atoms with Crippen LogP contribution in [0.3, 0.4) is 0 Å². The molecule has 128 valence electrons. The molecule has 2 rings (SSSR count). The number of hydrogen-bond acceptors (Lipinski definition) is 4. The Morgan fingerprint density at radius 3 is 2.91 bits per heavy atom. The zero-order valence-electron chi connectivity index (χ0n) is 14.4. The van der Waals surface area contributed by atoms with Gasteiger partial charge in [0, 0.05) is 18.3 Å². The van der Waals surface area contributed by atoms with Gasteiger partial charge in [0.15, 0.2) is 0 Å². The Bertz CT molecular complexity index is 503. The van der Waals surface area contributed by atoms with E-state index in [2.05, 4.69) is 28.1 Å². The van der Waals surface area contributed by atoms with Crippen molar-refractivity contribution in [3.8, 4) is 0 Å². The number of rotatable bonds is 4. The van der Waals surface area contributed by atoms with Crippen molar-refractivity contribution in [2.24, 2.45) is 0 Å². The Morgan fingerprint density at radius 1 is 1.30 bits per heavy atom. The summed E-state index contributed by atoms with van der Waals surface area (Å²) in [6.07, 6.45) is 3.15. The van der Waals surface area contributed by atoms with Gasteiger partial charge in [0.2, 0.25) is 0 Å². The number of benzene rings is 1. The van der Waals surface area contributed by atoms with Crippen LogP contribution in [-0.2, 0) is 11.3 Å². The molecule has 1 saturated heterocycles. The first-order chi connectivity index (χ1) is 10.9. The highest BCUT2D eigenvalue weighted by Crippen LogP contribution is 2.16. The first-order valence-corrected chi connectivity index (χ1v) is 8.45. The fourth-order valence-electron chi connectivity index (χ4n) is 2.66. The van der Waals surface area contributed by atoms with Gasteiger partial charge in [-0.15, -0.1) is 0 Å². The predicted octanol–water partition coefficient (Wildman–Crippen LogP) is 3.27. The highest BCUT2D eigenvalue weighted by molar-refractivity contribution is 5.67. The van der Waals surface area contributed by atoms with E-state index < -0.39 is 5.60 Å². The molecule has 23 heavy (non-hydrogen) atoms. The first kappa shape index (κ1) is 17.6. The van der Waals surface area contributed by atoms with E-state index in [9.17, 15) is 4.79 Å². The Hall–Kier alpha value is -1.75. The molecule has 1 aliphatic rings. The molecule has 1 fully saturated rings. The van der Waals surface area contributed by atoms with Gasteiger partial charge in [-0.2, -0.15) is 0 Å². The van der Waals surface area contributed by atoms with Crippen LogP contribution in [0.5, 0.6) is 0 Å². The molecule has 1 heterocycles. The summed E-state index contributed by atoms with van der Waals surface area (Å²) in [6, 6.07) is 8.71. The fraction of sp³-hybridized carbons (Fsp3) is 0.611. The number of carbonyl (C=O) groups excluding carboxylic acids is 1. The molecule has 3 N–H and O–H groups in total. The van der Waals surface area contributed by atoms with Crippen LogP contribution in [0.4, 0.5) is 10.5 Å². The van der Waals surface area contributed by atoms with Gasteiger partial charge >= 0.3 is 6.09 Å². The summed E-state index contributed by atoms with van der Waals surface area (Å²) >= 11 is 0. The molecule has 5 heteroatoms. The number of carbonyl (C=O) groups is 1. The number of anilines is 1. The third-order valence-corrected chi connectivity index (χ3v) is 3.71. The van der Waals surface area contributed by atoms with E-state index in [1.54, 1.807) is 0 Å². The van der Waals surface area contributed by atoms with E-state index in [0.717, 1.165) is 30.8 Å². The SMILES string of the molecule is CC(C)(C)OC(=O)NCc1cccc(NC2CCCNCC2)c1. The van der Waals surface area contributed by atoms with Crippen LogP contribution in [-0.4, -0.2) is 30.8 Å². The molecule has 0 saturated carbocycles. The zero-order chi connectivity index (χ0) is 16.7. The van der Waals surface area contributed by atoms with Gasteiger partial charge in [0.05, 0.1) is 0 Å². The first-order valence-electron chi connectivity index (χ1n) is 8.45. The van der Waals surface area contributed by atoms with Crippen molar-refractivity contribution >= 4 is 11.8 Å². The predicted molar refractivity (Wildman–Crippen MR) is 93.6 cm³/mol. The second-order valence-corrected chi connectivity index (χ2v) is 7.08. The quantitative estimate of drug-likeness (QED) is 0.797. The topological polar surface area (TPSA) is 62.4 Å². The van der Waals surface area contributed by atoms with E-state index in [-0.39, 0.29) is 6.09 Å². The molecule has 1 aromatic rings. The molecule has 0 aliphatic carbocycles. The lowest BCUT2D eigenvalue weighted by Gasteiger charge is -2.20. The molecular weight excluding hydrogens is 290 g/mol. The highest BCUT2D eigenvalue weighted by Gasteiger charge is 2.16. The number of amides is 1. The molecule has 0 aromatic heterocycles. The summed E-state index contributed by atoms with van der Waals surface area (Å²) in [6.45, 7) is 8.22. The lowest BCUT2D eigenvalue weighted by Crippen LogP contribution is -2.32. The molecule has 1 aliphatic heterocycles. The van der Waals surface area contributed by atoms with Crippen molar-refractivity contribution in [1.29, 1.82) is 0 Å². The monoisotopic (exact) mass is 319 g/mol. The van der Waals surface area contributed by atoms with Crippen LogP contribution in [0, 0.1) is 0 Å². The number of alkyl carbamates (subject to hydrolysis) is 1. The Balaban J connectivity index is 1.85. The van der Waals surface area contributed by atoms with E-state index in [0.29, 0.717) is 12.6 Å². The van der Waals surface area contributed by atoms with Gasteiger partial charge in [0.25, 0.3) is 0 Å². The minimum absolute atomic E-state index is 0.384. The molecular formula is C18H29N3O2. The van der Waals surface area contributed by atoms with Crippen LogP contribution in [0.25, 0.3) is 0 Å². The molecule has 0 spiro atoms. The second-order valence-electron chi connectivity index (χ2n) is 7.08. The number of ether oxygens (including phenoxy) is 1. The van der Waals surface area contributed by atoms with Crippen LogP contribution in [0.1, 0.15) is 45.6 Å². The minimum Gasteiger partial charge on any atom is -0.444 e. The third-order valence-electron chi connectivity index (χ3n) is 3.71. The average Bonchev–Trinajstić information content (AvgIpc) is 2.72. The van der Waals surface area contributed by atoms with Crippen LogP contribution in [0.15, 0.2) is 24.3 Å². The summed E-state index contributed by atoms with van der Waals surface area (Å²) in [5.74, 6) is 0. The fourth-order valence-corrected chi connectivity index (χ4v) is 2.66. The smallest absolute Gasteiger partial charge is 0.407 e. The molecule has 0 bridgehead atoms. The summed E-state index contributed by atoms with van der Waals surface area (Å²) in [5, 5.41) is 9.82. The summed E-state index contributed by atoms with van der Waals surface area (Å²) in [5.41, 5.74) is 1.70. The van der Waals surface area contributed by atoms with Gasteiger partial charge < -0.3 is 20.7 Å². The molecule has 1 atom stereocenters. The third kappa shape index (κ3) is 6.91. The maximum absolute atomic E-state index is 11.7. The van der Waals surface area contributed by atoms with Crippen molar-refractivity contribution in [2.45, 2.75) is 58.2 Å². The van der Waals surface area contributed by atoms with E-state index in [1.165, 1.54) is 12.8 Å². The van der Waals surface area contributed by atoms with Crippen LogP contribution < -0.4 is 16.0 Å². The molecule has 1 amide bonds. The normalized spacial score (nSPS) is 18.8. The largest absolute Gasteiger partial charge is 0.444 e. The van der Waals surface area contributed by atoms with Gasteiger partial charge in [-0.3, -0.25) is 0 Å². The van der Waals surface area contributed by atoms with Gasteiger partial charge in [-0.25, -0.2) is 4.79 Å². The zero-order valence-corrected chi connectivity index (χ0v) is 14.4. The van der Waals surface area contributed by atoms with Gasteiger partial charge in [0.1, 0.15) is 5.60 Å². The summed E-state index contributed by atoms with van der Waals surface area (Å²) in [7, 11) is 0. The highest BCUT2D eigenvalue weighted by atomic mass is 16.6. The molecule has 1 aromatic carbocycles. The Labute approximate surface area is 139 Å². The minimum atomic E-state index is -0.471. The summed E-state index contributed by atoms with van der Waals surface area (Å²) < 4.78 is 5.25. The van der Waals surface area contributed by atoms with E-state index >= 15 is 0 Å². The van der Waals surface area contributed by atoms with E-state index in [4.69, 9.17) is 4.74 Å². The van der Waals surface area contributed by atoms with E-state index in [1.807, 2.05) is 32.9 Å². The lowest BCUT2D eigenvalue weighted by molar-refractivity contribution is 0.0523. The average molecular weight is 319 g/mol. The number of nitrogens with one attached hydrogen (secondary N) is 3. The van der Waals surface area contributed by atoms with Crippen LogP contribution in [0.2, 0.25) is 0 Å². The van der Waals surface area contributed by atoms with Crippen LogP contribution >= 0.6 is 0 Å². The maximum Gasteiger partial charge on any atom is 0.407 e. The number of hydrogen-bond donors (Lipinski definition) is 3. The van der Waals surface area contributed by atoms with Crippen molar-refractivity contribution in [2.75, 3.05) is 18.4 Å². The Morgan fingerprint density at radius 2 is 2.13 bits per heavy atom. The second kappa shape index (κ2) is 8.20. The standard InChI is InChI=1S/C18H29N3O2/c1-18(2,3)23-17(22)20-13-14-6-4-7-16(12-14)21-15-8-5-10-19-11-9-15/h4,6-7,12,15,19,21H,5,8-11,13H2,1-3H3,(H,20,22). The summed E-state index contributed by atoms with van der Waals surface area (Å²) in [4.78, 5) is 11.7. The Kier molecular flexibility index (Phi) is 6.28. The van der Waals surface area contributed by atoms with Gasteiger partial charge in [-0.05, 0) is 70.8 Å². The van der Waals surface area contributed by atoms with Crippen molar-refractivity contribution in [3.05, 3.63) is 29.8 Å². The van der Waals surface area contributed by atoms with Crippen molar-refractivity contribution in [3.63, 3.8) is 0 Å². The lowest BCUT2D eigenvalue weighted by atomic mass is 10.1. The molecule has 1 unspecified atom stereocenters. The maximum atomic E-state index is 11.7. The van der Waals surface area contributed by atoms with Gasteiger partial charge in [-0.1, -0.05) is 12.1 Å². The molecule has 5 nitrogen and oxygen atoms in total.